The van der Waals surface area contributed by atoms with Gasteiger partial charge in [-0.15, -0.1) is 12.4 Å². The van der Waals surface area contributed by atoms with Crippen LogP contribution in [0.15, 0.2) is 53.3 Å². The Morgan fingerprint density at radius 3 is 2.18 bits per heavy atom. The molecule has 1 aliphatic heterocycles. The molecule has 1 saturated heterocycles. The Labute approximate surface area is 200 Å². The molecule has 1 fully saturated rings. The number of hydrogen-bond donors (Lipinski definition) is 0. The fourth-order valence-corrected chi connectivity index (χ4v) is 4.41. The number of ketones is 1. The first kappa shape index (κ1) is 24.6. The fraction of sp³-hybridized carbons (Fsp3) is 0.360. The van der Waals surface area contributed by atoms with Gasteiger partial charge >= 0.3 is 5.69 Å². The molecule has 1 aromatic heterocycles. The highest BCUT2D eigenvalue weighted by Crippen LogP contribution is 2.22. The number of imidazole rings is 1. The van der Waals surface area contributed by atoms with E-state index in [1.807, 2.05) is 0 Å². The number of methoxy groups -OCH3 is 1. The number of rotatable bonds is 6. The van der Waals surface area contributed by atoms with Crippen molar-refractivity contribution in [1.29, 1.82) is 0 Å². The van der Waals surface area contributed by atoms with Gasteiger partial charge in [-0.25, -0.2) is 4.79 Å². The van der Waals surface area contributed by atoms with Crippen LogP contribution in [-0.4, -0.2) is 53.1 Å². The van der Waals surface area contributed by atoms with E-state index in [-0.39, 0.29) is 23.9 Å². The predicted molar refractivity (Wildman–Crippen MR) is 133 cm³/mol. The summed E-state index contributed by atoms with van der Waals surface area (Å²) in [4.78, 5) is 30.7. The monoisotopic (exact) mass is 470 g/mol. The average Bonchev–Trinajstić information content (AvgIpc) is 3.03. The molecule has 3 aromatic rings. The fourth-order valence-electron chi connectivity index (χ4n) is 4.41. The van der Waals surface area contributed by atoms with Gasteiger partial charge in [0, 0.05) is 58.1 Å². The maximum absolute atomic E-state index is 13.3. The zero-order valence-corrected chi connectivity index (χ0v) is 20.4. The predicted octanol–water partition coefficient (Wildman–Crippen LogP) is 3.02. The van der Waals surface area contributed by atoms with Gasteiger partial charge < -0.3 is 9.64 Å². The lowest BCUT2D eigenvalue weighted by molar-refractivity contribution is 0.102. The second kappa shape index (κ2) is 10.3. The van der Waals surface area contributed by atoms with Gasteiger partial charge in [0.15, 0.2) is 0 Å². The normalized spacial score (nSPS) is 14.1. The molecule has 1 aliphatic rings. The molecule has 0 N–H and O–H groups in total. The van der Waals surface area contributed by atoms with Crippen LogP contribution >= 0.6 is 12.4 Å². The number of para-hydroxylation sites is 1. The van der Waals surface area contributed by atoms with Crippen LogP contribution in [0, 0.1) is 6.92 Å². The summed E-state index contributed by atoms with van der Waals surface area (Å²) in [5.74, 6) is 0.539. The van der Waals surface area contributed by atoms with Gasteiger partial charge in [0.1, 0.15) is 11.4 Å². The third-order valence-corrected chi connectivity index (χ3v) is 6.36. The Kier molecular flexibility index (Phi) is 7.66. The van der Waals surface area contributed by atoms with E-state index < -0.39 is 0 Å². The minimum atomic E-state index is -0.185. The van der Waals surface area contributed by atoms with Crippen molar-refractivity contribution < 1.29 is 9.53 Å². The van der Waals surface area contributed by atoms with Gasteiger partial charge in [0.25, 0.3) is 0 Å². The molecular formula is C25H31ClN4O3. The van der Waals surface area contributed by atoms with E-state index in [0.717, 1.165) is 31.9 Å². The molecule has 7 nitrogen and oxygen atoms in total. The van der Waals surface area contributed by atoms with Crippen LogP contribution in [0.3, 0.4) is 0 Å². The number of carbonyl (C=O) groups is 1. The van der Waals surface area contributed by atoms with Gasteiger partial charge in [0.2, 0.25) is 5.78 Å². The smallest absolute Gasteiger partial charge is 0.328 e. The Balaban J connectivity index is 0.00000306. The Morgan fingerprint density at radius 1 is 0.939 bits per heavy atom. The third kappa shape index (κ3) is 4.84. The molecule has 176 valence electrons. The van der Waals surface area contributed by atoms with Crippen molar-refractivity contribution in [3.8, 4) is 5.75 Å². The standard InChI is InChI=1S/C25H30N4O3.ClH/c1-18-7-5-6-8-21(18)29-15-13-28(14-16-29)17-22-23(27(3)25(31)26(22)2)24(30)19-9-11-20(32-4)12-10-19;/h5-12H,13-17H2,1-4H3;1H. The summed E-state index contributed by atoms with van der Waals surface area (Å²) >= 11 is 0. The summed E-state index contributed by atoms with van der Waals surface area (Å²) in [5.41, 5.74) is 4.10. The lowest BCUT2D eigenvalue weighted by Crippen LogP contribution is -2.46. The number of hydrogen-bond acceptors (Lipinski definition) is 5. The van der Waals surface area contributed by atoms with Crippen molar-refractivity contribution in [2.24, 2.45) is 14.1 Å². The molecule has 33 heavy (non-hydrogen) atoms. The number of benzene rings is 2. The lowest BCUT2D eigenvalue weighted by Gasteiger charge is -2.36. The maximum atomic E-state index is 13.3. The first-order valence-corrected chi connectivity index (χ1v) is 10.9. The van der Waals surface area contributed by atoms with E-state index in [0.29, 0.717) is 23.6 Å². The molecule has 2 heterocycles. The maximum Gasteiger partial charge on any atom is 0.328 e. The van der Waals surface area contributed by atoms with Gasteiger partial charge in [0.05, 0.1) is 12.8 Å². The lowest BCUT2D eigenvalue weighted by atomic mass is 10.1. The van der Waals surface area contributed by atoms with Crippen LogP contribution in [0.25, 0.3) is 0 Å². The average molecular weight is 471 g/mol. The summed E-state index contributed by atoms with van der Waals surface area (Å²) in [7, 11) is 5.00. The largest absolute Gasteiger partial charge is 0.497 e. The summed E-state index contributed by atoms with van der Waals surface area (Å²) < 4.78 is 8.26. The van der Waals surface area contributed by atoms with Crippen LogP contribution in [0.1, 0.15) is 27.3 Å². The summed E-state index contributed by atoms with van der Waals surface area (Å²) in [6, 6.07) is 15.4. The van der Waals surface area contributed by atoms with Crippen molar-refractivity contribution in [2.75, 3.05) is 38.2 Å². The van der Waals surface area contributed by atoms with Crippen molar-refractivity contribution >= 4 is 23.9 Å². The van der Waals surface area contributed by atoms with E-state index in [1.54, 1.807) is 50.0 Å². The first-order valence-electron chi connectivity index (χ1n) is 10.9. The van der Waals surface area contributed by atoms with Crippen LogP contribution in [-0.2, 0) is 20.6 Å². The number of aryl methyl sites for hydroxylation is 1. The summed E-state index contributed by atoms with van der Waals surface area (Å²) in [6.45, 7) is 6.26. The Bertz CT molecular complexity index is 1180. The van der Waals surface area contributed by atoms with Gasteiger partial charge in [-0.3, -0.25) is 18.8 Å². The zero-order valence-electron chi connectivity index (χ0n) is 19.6. The van der Waals surface area contributed by atoms with E-state index in [9.17, 15) is 9.59 Å². The van der Waals surface area contributed by atoms with Crippen molar-refractivity contribution in [2.45, 2.75) is 13.5 Å². The summed E-state index contributed by atoms with van der Waals surface area (Å²) in [5, 5.41) is 0. The minimum absolute atomic E-state index is 0. The minimum Gasteiger partial charge on any atom is -0.497 e. The number of anilines is 1. The zero-order chi connectivity index (χ0) is 22.8. The SMILES string of the molecule is COc1ccc(C(=O)c2c(CN3CCN(c4ccccc4C)CC3)n(C)c(=O)n2C)cc1.Cl. The van der Waals surface area contributed by atoms with Gasteiger partial charge in [-0.1, -0.05) is 18.2 Å². The van der Waals surface area contributed by atoms with E-state index >= 15 is 0 Å². The number of halogens is 1. The number of nitrogens with zero attached hydrogens (tertiary/aromatic N) is 4. The van der Waals surface area contributed by atoms with Crippen LogP contribution in [0.4, 0.5) is 5.69 Å². The Hall–Kier alpha value is -3.03. The number of piperazine rings is 1. The number of carbonyl (C=O) groups excluding carboxylic acids is 1. The molecule has 8 heteroatoms. The van der Waals surface area contributed by atoms with Gasteiger partial charge in [-0.05, 0) is 42.8 Å². The quantitative estimate of drug-likeness (QED) is 0.518. The number of aromatic nitrogens is 2. The van der Waals surface area contributed by atoms with Crippen LogP contribution < -0.4 is 15.3 Å². The second-order valence-electron chi connectivity index (χ2n) is 8.30. The molecule has 2 aromatic carbocycles. The molecule has 4 rings (SSSR count). The van der Waals surface area contributed by atoms with Crippen molar-refractivity contribution in [3.63, 3.8) is 0 Å². The molecule has 0 atom stereocenters. The van der Waals surface area contributed by atoms with Crippen molar-refractivity contribution in [3.05, 3.63) is 81.5 Å². The Morgan fingerprint density at radius 2 is 1.58 bits per heavy atom. The molecular weight excluding hydrogens is 440 g/mol. The topological polar surface area (TPSA) is 59.7 Å². The number of ether oxygens (including phenoxy) is 1. The third-order valence-electron chi connectivity index (χ3n) is 6.36. The van der Waals surface area contributed by atoms with Crippen LogP contribution in [0.5, 0.6) is 5.75 Å². The highest BCUT2D eigenvalue weighted by Gasteiger charge is 2.26. The summed E-state index contributed by atoms with van der Waals surface area (Å²) in [6.07, 6.45) is 0. The molecule has 0 unspecified atom stereocenters. The van der Waals surface area contributed by atoms with E-state index in [4.69, 9.17) is 4.74 Å². The highest BCUT2D eigenvalue weighted by molar-refractivity contribution is 6.08. The molecule has 0 spiro atoms. The molecule has 0 radical (unpaired) electrons. The molecule has 0 aliphatic carbocycles. The van der Waals surface area contributed by atoms with E-state index in [1.165, 1.54) is 15.8 Å². The van der Waals surface area contributed by atoms with E-state index in [2.05, 4.69) is 41.0 Å². The highest BCUT2D eigenvalue weighted by atomic mass is 35.5. The molecule has 0 amide bonds. The van der Waals surface area contributed by atoms with Crippen molar-refractivity contribution in [1.82, 2.24) is 14.0 Å². The molecule has 0 saturated carbocycles. The first-order chi connectivity index (χ1) is 15.4. The van der Waals surface area contributed by atoms with Crippen LogP contribution in [0.2, 0.25) is 0 Å². The molecule has 0 bridgehead atoms. The van der Waals surface area contributed by atoms with Gasteiger partial charge in [-0.2, -0.15) is 0 Å². The second-order valence-corrected chi connectivity index (χ2v) is 8.30.